The Bertz CT molecular complexity index is 779. The van der Waals surface area contributed by atoms with E-state index >= 15 is 0 Å². The van der Waals surface area contributed by atoms with Crippen LogP contribution in [0.5, 0.6) is 0 Å². The van der Waals surface area contributed by atoms with Crippen LogP contribution in [0, 0.1) is 5.92 Å². The molecule has 0 N–H and O–H groups in total. The first-order valence-corrected chi connectivity index (χ1v) is 10.5. The lowest BCUT2D eigenvalue weighted by Crippen LogP contribution is -2.39. The van der Waals surface area contributed by atoms with E-state index in [0.717, 1.165) is 45.4 Å². The smallest absolute Gasteiger partial charge is 0.310 e. The summed E-state index contributed by atoms with van der Waals surface area (Å²) < 4.78 is 7.51. The highest BCUT2D eigenvalue weighted by atomic mass is 16.5. The van der Waals surface area contributed by atoms with Crippen LogP contribution in [-0.2, 0) is 16.1 Å². The molecule has 1 fully saturated rings. The predicted molar refractivity (Wildman–Crippen MR) is 114 cm³/mol. The average molecular weight is 381 g/mol. The highest BCUT2D eigenvalue weighted by molar-refractivity contribution is 5.78. The number of likely N-dealkylation sites (tertiary alicyclic amines) is 1. The molecule has 0 bridgehead atoms. The van der Waals surface area contributed by atoms with E-state index in [0.29, 0.717) is 6.61 Å². The number of carbonyl (C=O) groups excluding carboxylic acids is 1. The summed E-state index contributed by atoms with van der Waals surface area (Å²) in [5.74, 6) is -0.00270. The molecule has 1 aromatic carbocycles. The van der Waals surface area contributed by atoms with Crippen LogP contribution in [0.15, 0.2) is 54.7 Å². The molecule has 0 saturated carbocycles. The van der Waals surface area contributed by atoms with Gasteiger partial charge in [0.15, 0.2) is 0 Å². The summed E-state index contributed by atoms with van der Waals surface area (Å²) in [5, 5.41) is 0. The van der Waals surface area contributed by atoms with Crippen molar-refractivity contribution in [2.24, 2.45) is 5.92 Å². The number of aryl methyl sites for hydroxylation is 1. The van der Waals surface area contributed by atoms with Crippen LogP contribution in [0.4, 0.5) is 0 Å². The van der Waals surface area contributed by atoms with Gasteiger partial charge in [0, 0.05) is 37.1 Å². The molecule has 0 spiro atoms. The monoisotopic (exact) mass is 380 g/mol. The van der Waals surface area contributed by atoms with E-state index in [1.165, 1.54) is 16.8 Å². The third kappa shape index (κ3) is 5.14. The van der Waals surface area contributed by atoms with Crippen LogP contribution < -0.4 is 0 Å². The SMILES string of the molecule is CCOC(=O)[C@@H]1CCCN(CC/C=C(\c2ccccc2)c2cccn2CC)C1. The van der Waals surface area contributed by atoms with Gasteiger partial charge in [-0.15, -0.1) is 0 Å². The standard InChI is InChI=1S/C24H32N2O2/c1-3-26-18-10-15-23(26)22(20-11-6-5-7-12-20)14-9-17-25-16-8-13-21(19-25)24(27)28-4-2/h5-7,10-12,14-15,18,21H,3-4,8-9,13,16-17,19H2,1-2H3/b22-14+/t21-/m1/s1. The van der Waals surface area contributed by atoms with E-state index in [1.54, 1.807) is 0 Å². The topological polar surface area (TPSA) is 34.5 Å². The van der Waals surface area contributed by atoms with Crippen molar-refractivity contribution >= 4 is 11.5 Å². The van der Waals surface area contributed by atoms with E-state index in [9.17, 15) is 4.79 Å². The van der Waals surface area contributed by atoms with Crippen molar-refractivity contribution in [1.29, 1.82) is 0 Å². The molecule has 0 unspecified atom stereocenters. The second-order valence-corrected chi connectivity index (χ2v) is 7.34. The highest BCUT2D eigenvalue weighted by Gasteiger charge is 2.26. The number of rotatable bonds is 8. The Balaban J connectivity index is 1.69. The molecule has 1 aromatic heterocycles. The van der Waals surface area contributed by atoms with Gasteiger partial charge in [-0.05, 0) is 57.4 Å². The van der Waals surface area contributed by atoms with Crippen LogP contribution in [0.2, 0.25) is 0 Å². The highest BCUT2D eigenvalue weighted by Crippen LogP contribution is 2.25. The largest absolute Gasteiger partial charge is 0.466 e. The van der Waals surface area contributed by atoms with Crippen LogP contribution in [0.1, 0.15) is 44.4 Å². The first-order chi connectivity index (χ1) is 13.7. The van der Waals surface area contributed by atoms with Gasteiger partial charge in [-0.3, -0.25) is 4.79 Å². The maximum atomic E-state index is 12.1. The summed E-state index contributed by atoms with van der Waals surface area (Å²) in [6, 6.07) is 14.9. The fourth-order valence-corrected chi connectivity index (χ4v) is 4.02. The van der Waals surface area contributed by atoms with Crippen molar-refractivity contribution < 1.29 is 9.53 Å². The number of esters is 1. The summed E-state index contributed by atoms with van der Waals surface area (Å²) in [6.45, 7) is 8.33. The molecule has 150 valence electrons. The van der Waals surface area contributed by atoms with Crippen molar-refractivity contribution in [3.63, 3.8) is 0 Å². The summed E-state index contributed by atoms with van der Waals surface area (Å²) in [5.41, 5.74) is 3.79. The Hall–Kier alpha value is -2.33. The molecule has 2 heterocycles. The molecule has 28 heavy (non-hydrogen) atoms. The molecule has 1 saturated heterocycles. The predicted octanol–water partition coefficient (Wildman–Crippen LogP) is 4.60. The van der Waals surface area contributed by atoms with E-state index in [1.807, 2.05) is 6.92 Å². The van der Waals surface area contributed by atoms with Gasteiger partial charge in [0.25, 0.3) is 0 Å². The van der Waals surface area contributed by atoms with E-state index < -0.39 is 0 Å². The zero-order valence-corrected chi connectivity index (χ0v) is 17.1. The third-order valence-corrected chi connectivity index (χ3v) is 5.45. The number of ether oxygens (including phenoxy) is 1. The molecule has 3 rings (SSSR count). The van der Waals surface area contributed by atoms with Gasteiger partial charge >= 0.3 is 5.97 Å². The summed E-state index contributed by atoms with van der Waals surface area (Å²) in [7, 11) is 0. The van der Waals surface area contributed by atoms with Crippen molar-refractivity contribution in [3.8, 4) is 0 Å². The lowest BCUT2D eigenvalue weighted by molar-refractivity contribution is -0.149. The van der Waals surface area contributed by atoms with Crippen molar-refractivity contribution in [1.82, 2.24) is 9.47 Å². The van der Waals surface area contributed by atoms with Crippen LogP contribution in [-0.4, -0.2) is 41.7 Å². The quantitative estimate of drug-likeness (QED) is 0.628. The van der Waals surface area contributed by atoms with Crippen molar-refractivity contribution in [2.75, 3.05) is 26.2 Å². The minimum absolute atomic E-state index is 0.0311. The lowest BCUT2D eigenvalue weighted by Gasteiger charge is -2.31. The molecule has 1 aliphatic rings. The van der Waals surface area contributed by atoms with Gasteiger partial charge in [0.1, 0.15) is 0 Å². The number of hydrogen-bond donors (Lipinski definition) is 0. The lowest BCUT2D eigenvalue weighted by atomic mass is 9.97. The number of benzene rings is 1. The van der Waals surface area contributed by atoms with Crippen LogP contribution >= 0.6 is 0 Å². The molecule has 0 amide bonds. The van der Waals surface area contributed by atoms with Gasteiger partial charge in [0.2, 0.25) is 0 Å². The Morgan fingerprint density at radius 1 is 1.18 bits per heavy atom. The second-order valence-electron chi connectivity index (χ2n) is 7.34. The Kier molecular flexibility index (Phi) is 7.49. The molecule has 0 radical (unpaired) electrons. The number of nitrogens with zero attached hydrogens (tertiary/aromatic N) is 2. The van der Waals surface area contributed by atoms with Crippen molar-refractivity contribution in [2.45, 2.75) is 39.7 Å². The second kappa shape index (κ2) is 10.3. The first kappa shape index (κ1) is 20.4. The van der Waals surface area contributed by atoms with Crippen LogP contribution in [0.25, 0.3) is 5.57 Å². The number of aromatic nitrogens is 1. The Morgan fingerprint density at radius 2 is 2.00 bits per heavy atom. The zero-order valence-electron chi connectivity index (χ0n) is 17.1. The number of carbonyl (C=O) groups is 1. The molecule has 1 atom stereocenters. The van der Waals surface area contributed by atoms with E-state index in [4.69, 9.17) is 4.74 Å². The zero-order chi connectivity index (χ0) is 19.8. The van der Waals surface area contributed by atoms with Crippen LogP contribution in [0.3, 0.4) is 0 Å². The fourth-order valence-electron chi connectivity index (χ4n) is 4.02. The Morgan fingerprint density at radius 3 is 2.75 bits per heavy atom. The summed E-state index contributed by atoms with van der Waals surface area (Å²) >= 11 is 0. The maximum Gasteiger partial charge on any atom is 0.310 e. The van der Waals surface area contributed by atoms with E-state index in [2.05, 4.69) is 71.1 Å². The molecular formula is C24H32N2O2. The minimum atomic E-state index is -0.0338. The summed E-state index contributed by atoms with van der Waals surface area (Å²) in [6.07, 6.45) is 7.47. The van der Waals surface area contributed by atoms with Gasteiger partial charge in [-0.25, -0.2) is 0 Å². The number of piperidine rings is 1. The summed E-state index contributed by atoms with van der Waals surface area (Å²) in [4.78, 5) is 14.5. The maximum absolute atomic E-state index is 12.1. The molecule has 4 nitrogen and oxygen atoms in total. The normalized spacial score (nSPS) is 18.2. The molecule has 4 heteroatoms. The first-order valence-electron chi connectivity index (χ1n) is 10.5. The third-order valence-electron chi connectivity index (χ3n) is 5.45. The van der Waals surface area contributed by atoms with E-state index in [-0.39, 0.29) is 11.9 Å². The van der Waals surface area contributed by atoms with Gasteiger partial charge < -0.3 is 14.2 Å². The molecule has 0 aliphatic carbocycles. The molecular weight excluding hydrogens is 348 g/mol. The van der Waals surface area contributed by atoms with Gasteiger partial charge in [0.05, 0.1) is 12.5 Å². The Labute approximate surface area is 168 Å². The fraction of sp³-hybridized carbons (Fsp3) is 0.458. The van der Waals surface area contributed by atoms with Gasteiger partial charge in [-0.2, -0.15) is 0 Å². The molecule has 1 aliphatic heterocycles. The van der Waals surface area contributed by atoms with Crippen molar-refractivity contribution in [3.05, 3.63) is 66.0 Å². The minimum Gasteiger partial charge on any atom is -0.466 e. The average Bonchev–Trinajstić information content (AvgIpc) is 3.21. The molecule has 2 aromatic rings. The van der Waals surface area contributed by atoms with Gasteiger partial charge in [-0.1, -0.05) is 36.4 Å². The number of hydrogen-bond acceptors (Lipinski definition) is 3.